The standard InChI is InChI=1S/C11H23NO3/c1-12(9-5-6-10-13)8-4-2-3-7-11(14)15/h13H,2-10H2,1H3,(H,14,15). The minimum absolute atomic E-state index is 0.270. The van der Waals surface area contributed by atoms with Gasteiger partial charge in [-0.05, 0) is 45.8 Å². The lowest BCUT2D eigenvalue weighted by Crippen LogP contribution is -2.21. The summed E-state index contributed by atoms with van der Waals surface area (Å²) in [6.45, 7) is 2.30. The van der Waals surface area contributed by atoms with E-state index in [4.69, 9.17) is 10.2 Å². The van der Waals surface area contributed by atoms with Crippen LogP contribution >= 0.6 is 0 Å². The summed E-state index contributed by atoms with van der Waals surface area (Å²) in [6.07, 6.45) is 5.00. The molecule has 0 unspecified atom stereocenters. The molecule has 0 radical (unpaired) electrons. The maximum atomic E-state index is 10.2. The molecule has 0 atom stereocenters. The molecule has 0 saturated carbocycles. The average molecular weight is 217 g/mol. The Balaban J connectivity index is 3.16. The number of rotatable bonds is 10. The van der Waals surface area contributed by atoms with E-state index in [1.807, 2.05) is 0 Å². The fraction of sp³-hybridized carbons (Fsp3) is 0.909. The van der Waals surface area contributed by atoms with Crippen molar-refractivity contribution in [3.63, 3.8) is 0 Å². The molecule has 0 aromatic heterocycles. The summed E-state index contributed by atoms with van der Waals surface area (Å²) in [4.78, 5) is 12.5. The van der Waals surface area contributed by atoms with Gasteiger partial charge in [0.15, 0.2) is 0 Å². The maximum absolute atomic E-state index is 10.2. The number of aliphatic carboxylic acids is 1. The molecule has 0 saturated heterocycles. The number of unbranched alkanes of at least 4 members (excludes halogenated alkanes) is 3. The third-order valence-electron chi connectivity index (χ3n) is 2.38. The lowest BCUT2D eigenvalue weighted by atomic mass is 10.2. The molecule has 0 aromatic rings. The van der Waals surface area contributed by atoms with Gasteiger partial charge in [-0.2, -0.15) is 0 Å². The zero-order chi connectivity index (χ0) is 11.5. The van der Waals surface area contributed by atoms with Gasteiger partial charge in [-0.25, -0.2) is 0 Å². The average Bonchev–Trinajstić information content (AvgIpc) is 2.17. The van der Waals surface area contributed by atoms with Crippen LogP contribution in [0.5, 0.6) is 0 Å². The van der Waals surface area contributed by atoms with Gasteiger partial charge in [-0.1, -0.05) is 6.42 Å². The maximum Gasteiger partial charge on any atom is 0.303 e. The molecule has 90 valence electrons. The quantitative estimate of drug-likeness (QED) is 0.542. The molecule has 0 rings (SSSR count). The molecule has 0 aliphatic rings. The van der Waals surface area contributed by atoms with E-state index in [9.17, 15) is 4.79 Å². The Hall–Kier alpha value is -0.610. The summed E-state index contributed by atoms with van der Waals surface area (Å²) in [5.41, 5.74) is 0. The molecule has 0 aromatic carbocycles. The van der Waals surface area contributed by atoms with Crippen molar-refractivity contribution in [2.24, 2.45) is 0 Å². The van der Waals surface area contributed by atoms with E-state index in [0.717, 1.165) is 45.2 Å². The second-order valence-corrected chi connectivity index (χ2v) is 3.94. The number of carboxylic acids is 1. The van der Waals surface area contributed by atoms with Crippen LogP contribution < -0.4 is 0 Å². The highest BCUT2D eigenvalue weighted by atomic mass is 16.4. The Labute approximate surface area is 91.9 Å². The molecule has 0 aliphatic heterocycles. The Morgan fingerprint density at radius 2 is 1.67 bits per heavy atom. The Morgan fingerprint density at radius 1 is 1.07 bits per heavy atom. The van der Waals surface area contributed by atoms with Crippen molar-refractivity contribution >= 4 is 5.97 Å². The lowest BCUT2D eigenvalue weighted by Gasteiger charge is -2.15. The zero-order valence-corrected chi connectivity index (χ0v) is 9.61. The number of aliphatic hydroxyl groups excluding tert-OH is 1. The van der Waals surface area contributed by atoms with Gasteiger partial charge in [-0.3, -0.25) is 4.79 Å². The van der Waals surface area contributed by atoms with E-state index >= 15 is 0 Å². The van der Waals surface area contributed by atoms with Crippen molar-refractivity contribution in [3.8, 4) is 0 Å². The summed E-state index contributed by atoms with van der Waals surface area (Å²) in [5.74, 6) is -0.702. The smallest absolute Gasteiger partial charge is 0.303 e. The topological polar surface area (TPSA) is 60.8 Å². The minimum atomic E-state index is -0.702. The largest absolute Gasteiger partial charge is 0.481 e. The first-order valence-corrected chi connectivity index (χ1v) is 5.68. The van der Waals surface area contributed by atoms with Crippen LogP contribution in [0.3, 0.4) is 0 Å². The van der Waals surface area contributed by atoms with Crippen LogP contribution in [0.2, 0.25) is 0 Å². The summed E-state index contributed by atoms with van der Waals surface area (Å²) >= 11 is 0. The molecule has 4 heteroatoms. The second kappa shape index (κ2) is 9.93. The van der Waals surface area contributed by atoms with Crippen molar-refractivity contribution in [1.29, 1.82) is 0 Å². The Bertz CT molecular complexity index is 162. The normalized spacial score (nSPS) is 10.9. The molecule has 0 heterocycles. The summed E-state index contributed by atoms with van der Waals surface area (Å²) in [5, 5.41) is 17.0. The van der Waals surface area contributed by atoms with Gasteiger partial charge < -0.3 is 15.1 Å². The fourth-order valence-corrected chi connectivity index (χ4v) is 1.44. The highest BCUT2D eigenvalue weighted by molar-refractivity contribution is 5.66. The van der Waals surface area contributed by atoms with Crippen LogP contribution in [-0.4, -0.2) is 47.8 Å². The molecule has 0 spiro atoms. The fourth-order valence-electron chi connectivity index (χ4n) is 1.44. The third-order valence-corrected chi connectivity index (χ3v) is 2.38. The van der Waals surface area contributed by atoms with Gasteiger partial charge in [0, 0.05) is 13.0 Å². The number of hydrogen-bond acceptors (Lipinski definition) is 3. The van der Waals surface area contributed by atoms with Gasteiger partial charge in [0.1, 0.15) is 0 Å². The highest BCUT2D eigenvalue weighted by Gasteiger charge is 1.99. The van der Waals surface area contributed by atoms with Crippen LogP contribution in [0.15, 0.2) is 0 Å². The van der Waals surface area contributed by atoms with Crippen LogP contribution in [0.1, 0.15) is 38.5 Å². The molecular weight excluding hydrogens is 194 g/mol. The molecule has 0 amide bonds. The summed E-state index contributed by atoms with van der Waals surface area (Å²) in [7, 11) is 2.06. The van der Waals surface area contributed by atoms with Crippen molar-refractivity contribution in [1.82, 2.24) is 4.90 Å². The van der Waals surface area contributed by atoms with Crippen LogP contribution in [0, 0.1) is 0 Å². The highest BCUT2D eigenvalue weighted by Crippen LogP contribution is 2.01. The van der Waals surface area contributed by atoms with Crippen LogP contribution in [0.25, 0.3) is 0 Å². The third kappa shape index (κ3) is 11.3. The van der Waals surface area contributed by atoms with Crippen LogP contribution in [-0.2, 0) is 4.79 Å². The van der Waals surface area contributed by atoms with Crippen molar-refractivity contribution in [2.75, 3.05) is 26.7 Å². The van der Waals surface area contributed by atoms with Crippen molar-refractivity contribution in [2.45, 2.75) is 38.5 Å². The van der Waals surface area contributed by atoms with Crippen molar-refractivity contribution in [3.05, 3.63) is 0 Å². The number of aliphatic hydroxyl groups is 1. The summed E-state index contributed by atoms with van der Waals surface area (Å²) in [6, 6.07) is 0. The van der Waals surface area contributed by atoms with Gasteiger partial charge in [-0.15, -0.1) is 0 Å². The molecular formula is C11H23NO3. The first-order valence-electron chi connectivity index (χ1n) is 5.68. The number of nitrogens with zero attached hydrogens (tertiary/aromatic N) is 1. The SMILES string of the molecule is CN(CCCCO)CCCCCC(=O)O. The molecule has 2 N–H and O–H groups in total. The van der Waals surface area contributed by atoms with E-state index in [2.05, 4.69) is 11.9 Å². The van der Waals surface area contributed by atoms with Gasteiger partial charge in [0.2, 0.25) is 0 Å². The first-order chi connectivity index (χ1) is 7.16. The zero-order valence-electron chi connectivity index (χ0n) is 9.61. The van der Waals surface area contributed by atoms with E-state index in [0.29, 0.717) is 0 Å². The van der Waals surface area contributed by atoms with Crippen molar-refractivity contribution < 1.29 is 15.0 Å². The molecule has 0 aliphatic carbocycles. The van der Waals surface area contributed by atoms with Gasteiger partial charge >= 0.3 is 5.97 Å². The first kappa shape index (κ1) is 14.4. The van der Waals surface area contributed by atoms with E-state index < -0.39 is 5.97 Å². The second-order valence-electron chi connectivity index (χ2n) is 3.94. The van der Waals surface area contributed by atoms with E-state index in [-0.39, 0.29) is 13.0 Å². The molecule has 4 nitrogen and oxygen atoms in total. The predicted molar refractivity (Wildman–Crippen MR) is 59.9 cm³/mol. The van der Waals surface area contributed by atoms with Crippen LogP contribution in [0.4, 0.5) is 0 Å². The Morgan fingerprint density at radius 3 is 2.20 bits per heavy atom. The molecule has 0 fully saturated rings. The monoisotopic (exact) mass is 217 g/mol. The Kier molecular flexibility index (Phi) is 9.52. The summed E-state index contributed by atoms with van der Waals surface area (Å²) < 4.78 is 0. The number of carbonyl (C=O) groups is 1. The lowest BCUT2D eigenvalue weighted by molar-refractivity contribution is -0.137. The molecule has 15 heavy (non-hydrogen) atoms. The number of carboxylic acid groups (broad SMARTS) is 1. The van der Waals surface area contributed by atoms with Gasteiger partial charge in [0.25, 0.3) is 0 Å². The number of hydrogen-bond donors (Lipinski definition) is 2. The van der Waals surface area contributed by atoms with Gasteiger partial charge in [0.05, 0.1) is 0 Å². The minimum Gasteiger partial charge on any atom is -0.481 e. The van der Waals surface area contributed by atoms with E-state index in [1.54, 1.807) is 0 Å². The van der Waals surface area contributed by atoms with E-state index in [1.165, 1.54) is 0 Å². The predicted octanol–water partition coefficient (Wildman–Crippen LogP) is 1.34. The molecule has 0 bridgehead atoms.